The van der Waals surface area contributed by atoms with Gasteiger partial charge in [-0.1, -0.05) is 30.6 Å². The fraction of sp³-hybridized carbons (Fsp3) is 0.412. The van der Waals surface area contributed by atoms with E-state index in [-0.39, 0.29) is 5.97 Å². The molecule has 0 aliphatic carbocycles. The Morgan fingerprint density at radius 1 is 1.32 bits per heavy atom. The third-order valence-corrected chi connectivity index (χ3v) is 4.10. The molecule has 2 heterocycles. The lowest BCUT2D eigenvalue weighted by Gasteiger charge is -2.27. The van der Waals surface area contributed by atoms with Gasteiger partial charge in [0, 0.05) is 5.70 Å². The van der Waals surface area contributed by atoms with Crippen LogP contribution < -0.4 is 10.1 Å². The Balaban J connectivity index is 1.99. The zero-order chi connectivity index (χ0) is 17.8. The van der Waals surface area contributed by atoms with Crippen LogP contribution in [0, 0.1) is 0 Å². The van der Waals surface area contributed by atoms with E-state index in [2.05, 4.69) is 20.8 Å². The van der Waals surface area contributed by atoms with Crippen LogP contribution in [-0.2, 0) is 9.53 Å². The molecule has 0 amide bonds. The highest BCUT2D eigenvalue weighted by Crippen LogP contribution is 2.35. The first kappa shape index (κ1) is 16.9. The number of nitrogens with zero attached hydrogens (tertiary/aromatic N) is 4. The lowest BCUT2D eigenvalue weighted by Crippen LogP contribution is -2.29. The van der Waals surface area contributed by atoms with Crippen molar-refractivity contribution in [3.8, 4) is 5.75 Å². The van der Waals surface area contributed by atoms with Crippen molar-refractivity contribution >= 4 is 11.9 Å². The largest absolute Gasteiger partial charge is 0.497 e. The van der Waals surface area contributed by atoms with Crippen LogP contribution in [0.15, 0.2) is 35.5 Å². The molecule has 8 heteroatoms. The number of aromatic nitrogens is 4. The summed E-state index contributed by atoms with van der Waals surface area (Å²) in [6.45, 7) is 4.27. The Bertz CT molecular complexity index is 782. The number of ether oxygens (including phenoxy) is 2. The normalized spacial score (nSPS) is 16.2. The molecule has 1 N–H and O–H groups in total. The summed E-state index contributed by atoms with van der Waals surface area (Å²) >= 11 is 0. The molecule has 0 radical (unpaired) electrons. The summed E-state index contributed by atoms with van der Waals surface area (Å²) in [5.41, 5.74) is 2.06. The van der Waals surface area contributed by atoms with Gasteiger partial charge >= 0.3 is 5.97 Å². The first-order valence-corrected chi connectivity index (χ1v) is 8.22. The number of fused-ring (bicyclic) bond motifs is 1. The van der Waals surface area contributed by atoms with E-state index in [1.807, 2.05) is 38.1 Å². The summed E-state index contributed by atoms with van der Waals surface area (Å²) in [5.74, 6) is 0.867. The van der Waals surface area contributed by atoms with E-state index in [4.69, 9.17) is 9.47 Å². The lowest BCUT2D eigenvalue weighted by atomic mass is 9.96. The minimum atomic E-state index is -0.453. The van der Waals surface area contributed by atoms with Gasteiger partial charge in [-0.2, -0.15) is 4.68 Å². The van der Waals surface area contributed by atoms with E-state index < -0.39 is 6.04 Å². The summed E-state index contributed by atoms with van der Waals surface area (Å²) in [5, 5.41) is 14.8. The van der Waals surface area contributed by atoms with Crippen molar-refractivity contribution in [2.75, 3.05) is 19.0 Å². The molecule has 0 bridgehead atoms. The highest BCUT2D eigenvalue weighted by molar-refractivity contribution is 5.92. The first-order valence-electron chi connectivity index (χ1n) is 8.22. The van der Waals surface area contributed by atoms with Gasteiger partial charge in [-0.15, -0.1) is 0 Å². The second-order valence-corrected chi connectivity index (χ2v) is 5.78. The van der Waals surface area contributed by atoms with Crippen LogP contribution in [0.25, 0.3) is 0 Å². The Hall–Kier alpha value is -2.90. The van der Waals surface area contributed by atoms with Crippen molar-refractivity contribution in [1.82, 2.24) is 20.2 Å². The Morgan fingerprint density at radius 2 is 2.08 bits per heavy atom. The third-order valence-electron chi connectivity index (χ3n) is 4.10. The zero-order valence-electron chi connectivity index (χ0n) is 14.5. The molecule has 0 fully saturated rings. The fourth-order valence-electron chi connectivity index (χ4n) is 2.76. The molecule has 1 atom stereocenters. The van der Waals surface area contributed by atoms with Crippen molar-refractivity contribution in [2.45, 2.75) is 32.7 Å². The van der Waals surface area contributed by atoms with E-state index in [0.29, 0.717) is 23.8 Å². The van der Waals surface area contributed by atoms with Gasteiger partial charge in [0.05, 0.1) is 19.3 Å². The van der Waals surface area contributed by atoms with Crippen molar-refractivity contribution in [3.63, 3.8) is 0 Å². The second-order valence-electron chi connectivity index (χ2n) is 5.78. The number of anilines is 1. The monoisotopic (exact) mass is 343 g/mol. The molecule has 8 nitrogen and oxygen atoms in total. The molecule has 1 aliphatic heterocycles. The van der Waals surface area contributed by atoms with Crippen LogP contribution in [0.2, 0.25) is 0 Å². The molecule has 25 heavy (non-hydrogen) atoms. The molecule has 0 spiro atoms. The number of esters is 1. The van der Waals surface area contributed by atoms with Crippen molar-refractivity contribution < 1.29 is 14.3 Å². The summed E-state index contributed by atoms with van der Waals surface area (Å²) in [6, 6.07) is 7.03. The van der Waals surface area contributed by atoms with Gasteiger partial charge in [0.25, 0.3) is 0 Å². The van der Waals surface area contributed by atoms with Gasteiger partial charge < -0.3 is 14.8 Å². The quantitative estimate of drug-likeness (QED) is 0.635. The number of methoxy groups -OCH3 is 1. The Morgan fingerprint density at radius 3 is 2.76 bits per heavy atom. The molecule has 0 saturated carbocycles. The van der Waals surface area contributed by atoms with Gasteiger partial charge in [-0.3, -0.25) is 0 Å². The van der Waals surface area contributed by atoms with Crippen molar-refractivity contribution in [2.24, 2.45) is 0 Å². The number of benzene rings is 1. The minimum Gasteiger partial charge on any atom is -0.497 e. The first-order chi connectivity index (χ1) is 12.2. The molecule has 0 saturated heterocycles. The van der Waals surface area contributed by atoms with Crippen LogP contribution in [0.5, 0.6) is 5.75 Å². The number of tetrazole rings is 1. The average Bonchev–Trinajstić information content (AvgIpc) is 3.08. The van der Waals surface area contributed by atoms with Crippen molar-refractivity contribution in [1.29, 1.82) is 0 Å². The average molecular weight is 343 g/mol. The smallest absolute Gasteiger partial charge is 0.338 e. The lowest BCUT2D eigenvalue weighted by molar-refractivity contribution is -0.139. The molecule has 1 aromatic heterocycles. The molecule has 132 valence electrons. The number of unbranched alkanes of at least 4 members (excludes halogenated alkanes) is 1. The highest BCUT2D eigenvalue weighted by atomic mass is 16.5. The molecule has 1 aliphatic rings. The number of rotatable bonds is 6. The fourth-order valence-corrected chi connectivity index (χ4v) is 2.76. The maximum absolute atomic E-state index is 12.7. The number of allylic oxidation sites excluding steroid dienone is 1. The topological polar surface area (TPSA) is 91.2 Å². The maximum atomic E-state index is 12.7. The molecule has 2 aromatic rings. The van der Waals surface area contributed by atoms with Crippen molar-refractivity contribution in [3.05, 3.63) is 41.1 Å². The van der Waals surface area contributed by atoms with Crippen LogP contribution in [0.3, 0.4) is 0 Å². The predicted octanol–water partition coefficient (Wildman–Crippen LogP) is 2.31. The Kier molecular flexibility index (Phi) is 4.97. The summed E-state index contributed by atoms with van der Waals surface area (Å²) in [6.07, 6.45) is 1.79. The standard InChI is InChI=1S/C17H21N5O3/c1-4-5-10-25-16(23)14-11(2)18-17-19-20-21-22(17)15(14)12-6-8-13(24-3)9-7-12/h6-9,15H,4-5,10H2,1-3H3,(H,18,19,21)/t15-/m0/s1. The van der Waals surface area contributed by atoms with Gasteiger partial charge in [-0.05, 0) is 41.5 Å². The highest BCUT2D eigenvalue weighted by Gasteiger charge is 2.34. The number of hydrogen-bond donors (Lipinski definition) is 1. The number of carbonyl (C=O) groups is 1. The van der Waals surface area contributed by atoms with Crippen LogP contribution in [0.1, 0.15) is 38.3 Å². The number of carbonyl (C=O) groups excluding carboxylic acids is 1. The van der Waals surface area contributed by atoms with Gasteiger partial charge in [0.1, 0.15) is 11.8 Å². The summed E-state index contributed by atoms with van der Waals surface area (Å²) in [4.78, 5) is 12.7. The van der Waals surface area contributed by atoms with Gasteiger partial charge in [0.2, 0.25) is 5.95 Å². The van der Waals surface area contributed by atoms with Crippen LogP contribution in [-0.4, -0.2) is 39.9 Å². The summed E-state index contributed by atoms with van der Waals surface area (Å²) in [7, 11) is 1.61. The molecule has 0 unspecified atom stereocenters. The predicted molar refractivity (Wildman–Crippen MR) is 91.1 cm³/mol. The second kappa shape index (κ2) is 7.33. The van der Waals surface area contributed by atoms with E-state index in [0.717, 1.165) is 24.2 Å². The van der Waals surface area contributed by atoms with Gasteiger partial charge in [-0.25, -0.2) is 4.79 Å². The molecule has 1 aromatic carbocycles. The van der Waals surface area contributed by atoms with E-state index in [9.17, 15) is 4.79 Å². The molecule has 3 rings (SSSR count). The van der Waals surface area contributed by atoms with Gasteiger partial charge in [0.15, 0.2) is 0 Å². The summed E-state index contributed by atoms with van der Waals surface area (Å²) < 4.78 is 12.2. The minimum absolute atomic E-state index is 0.361. The SMILES string of the molecule is CCCCOC(=O)C1=C(C)Nc2nnnn2[C@H]1c1ccc(OC)cc1. The van der Waals surface area contributed by atoms with E-state index in [1.54, 1.807) is 11.8 Å². The third kappa shape index (κ3) is 3.33. The van der Waals surface area contributed by atoms with E-state index in [1.165, 1.54) is 0 Å². The maximum Gasteiger partial charge on any atom is 0.338 e. The number of nitrogens with one attached hydrogen (secondary N) is 1. The van der Waals surface area contributed by atoms with E-state index >= 15 is 0 Å². The zero-order valence-corrected chi connectivity index (χ0v) is 14.5. The molecular weight excluding hydrogens is 322 g/mol. The van der Waals surface area contributed by atoms with Crippen LogP contribution >= 0.6 is 0 Å². The number of hydrogen-bond acceptors (Lipinski definition) is 7. The van der Waals surface area contributed by atoms with Crippen LogP contribution in [0.4, 0.5) is 5.95 Å². The Labute approximate surface area is 145 Å². The molecular formula is C17H21N5O3.